The molecular formula is C21H23N3O5. The maximum atomic E-state index is 13.0. The van der Waals surface area contributed by atoms with Gasteiger partial charge in [0.2, 0.25) is 5.88 Å². The van der Waals surface area contributed by atoms with Crippen molar-refractivity contribution < 1.29 is 18.9 Å². The summed E-state index contributed by atoms with van der Waals surface area (Å²) in [6.07, 6.45) is 1.54. The van der Waals surface area contributed by atoms with Gasteiger partial charge >= 0.3 is 0 Å². The number of nitriles is 1. The van der Waals surface area contributed by atoms with Crippen LogP contribution in [0.1, 0.15) is 36.1 Å². The summed E-state index contributed by atoms with van der Waals surface area (Å²) in [5.41, 5.74) is 7.41. The first-order valence-corrected chi connectivity index (χ1v) is 9.12. The Balaban J connectivity index is 2.32. The highest BCUT2D eigenvalue weighted by atomic mass is 16.5. The Labute approximate surface area is 168 Å². The van der Waals surface area contributed by atoms with E-state index in [1.165, 1.54) is 21.3 Å². The summed E-state index contributed by atoms with van der Waals surface area (Å²) < 4.78 is 21.9. The topological polar surface area (TPSA) is 120 Å². The molecule has 29 heavy (non-hydrogen) atoms. The molecule has 0 radical (unpaired) electrons. The predicted molar refractivity (Wildman–Crippen MR) is 106 cm³/mol. The second-order valence-electron chi connectivity index (χ2n) is 6.53. The number of aromatic amines is 1. The standard InChI is InChI=1S/C21H23N3O5/c1-5-6-11-7-17-19(21(25)24-11)18(13(10-22)20(23)29-17)12-8-15(27-3)16(28-4)9-14(12)26-2/h7-9,18H,5-6,23H2,1-4H3,(H,24,25). The predicted octanol–water partition coefficient (Wildman–Crippen LogP) is 2.57. The second kappa shape index (κ2) is 8.19. The van der Waals surface area contributed by atoms with Crippen LogP contribution in [-0.4, -0.2) is 26.3 Å². The molecule has 0 saturated heterocycles. The quantitative estimate of drug-likeness (QED) is 0.769. The molecule has 3 N–H and O–H groups in total. The van der Waals surface area contributed by atoms with Gasteiger partial charge in [0.25, 0.3) is 5.56 Å². The Morgan fingerprint density at radius 1 is 1.14 bits per heavy atom. The van der Waals surface area contributed by atoms with E-state index >= 15 is 0 Å². The first-order chi connectivity index (χ1) is 14.0. The molecule has 0 fully saturated rings. The van der Waals surface area contributed by atoms with Crippen molar-refractivity contribution in [2.24, 2.45) is 5.73 Å². The van der Waals surface area contributed by atoms with Gasteiger partial charge in [0, 0.05) is 23.4 Å². The van der Waals surface area contributed by atoms with Gasteiger partial charge in [-0.1, -0.05) is 13.3 Å². The van der Waals surface area contributed by atoms with Crippen LogP contribution >= 0.6 is 0 Å². The Kier molecular flexibility index (Phi) is 5.69. The number of H-pyrrole nitrogens is 1. The van der Waals surface area contributed by atoms with Crippen molar-refractivity contribution in [1.29, 1.82) is 5.26 Å². The van der Waals surface area contributed by atoms with E-state index in [9.17, 15) is 10.1 Å². The minimum atomic E-state index is -0.780. The van der Waals surface area contributed by atoms with Crippen LogP contribution in [0.15, 0.2) is 34.4 Å². The van der Waals surface area contributed by atoms with Gasteiger partial charge in [0.05, 0.1) is 32.8 Å². The number of ether oxygens (including phenoxy) is 4. The number of allylic oxidation sites excluding steroid dienone is 1. The summed E-state index contributed by atoms with van der Waals surface area (Å²) in [6, 6.07) is 7.16. The fraction of sp³-hybridized carbons (Fsp3) is 0.333. The molecule has 8 nitrogen and oxygen atoms in total. The molecule has 0 aliphatic carbocycles. The van der Waals surface area contributed by atoms with Crippen molar-refractivity contribution >= 4 is 0 Å². The lowest BCUT2D eigenvalue weighted by Gasteiger charge is -2.27. The molecule has 0 bridgehead atoms. The molecule has 3 rings (SSSR count). The van der Waals surface area contributed by atoms with Crippen molar-refractivity contribution in [2.45, 2.75) is 25.7 Å². The number of hydrogen-bond donors (Lipinski definition) is 2. The number of benzene rings is 1. The van der Waals surface area contributed by atoms with E-state index in [2.05, 4.69) is 11.1 Å². The minimum Gasteiger partial charge on any atom is -0.496 e. The maximum Gasteiger partial charge on any atom is 0.256 e. The number of nitrogens with two attached hydrogens (primary N) is 1. The summed E-state index contributed by atoms with van der Waals surface area (Å²) >= 11 is 0. The van der Waals surface area contributed by atoms with E-state index < -0.39 is 5.92 Å². The molecule has 1 aromatic carbocycles. The Bertz CT molecular complexity index is 1070. The summed E-state index contributed by atoms with van der Waals surface area (Å²) in [5.74, 6) is 0.829. The zero-order valence-electron chi connectivity index (χ0n) is 16.8. The van der Waals surface area contributed by atoms with Crippen LogP contribution in [0.4, 0.5) is 0 Å². The number of hydrogen-bond acceptors (Lipinski definition) is 7. The fourth-order valence-electron chi connectivity index (χ4n) is 3.53. The van der Waals surface area contributed by atoms with E-state index in [1.807, 2.05) is 6.92 Å². The lowest BCUT2D eigenvalue weighted by molar-refractivity contribution is 0.346. The van der Waals surface area contributed by atoms with Crippen molar-refractivity contribution in [2.75, 3.05) is 21.3 Å². The molecule has 1 aliphatic heterocycles. The Hall–Kier alpha value is -3.60. The summed E-state index contributed by atoms with van der Waals surface area (Å²) in [4.78, 5) is 15.9. The van der Waals surface area contributed by atoms with Gasteiger partial charge in [-0.3, -0.25) is 4.79 Å². The molecule has 0 spiro atoms. The lowest BCUT2D eigenvalue weighted by atomic mass is 9.83. The zero-order valence-corrected chi connectivity index (χ0v) is 16.8. The van der Waals surface area contributed by atoms with Gasteiger partial charge in [0.15, 0.2) is 11.5 Å². The number of rotatable bonds is 6. The molecule has 2 heterocycles. The smallest absolute Gasteiger partial charge is 0.256 e. The van der Waals surface area contributed by atoms with Crippen LogP contribution in [0, 0.1) is 11.3 Å². The van der Waals surface area contributed by atoms with Gasteiger partial charge in [-0.2, -0.15) is 5.26 Å². The maximum absolute atomic E-state index is 13.0. The van der Waals surface area contributed by atoms with E-state index in [0.29, 0.717) is 40.5 Å². The van der Waals surface area contributed by atoms with Crippen molar-refractivity contribution in [1.82, 2.24) is 4.98 Å². The number of pyridine rings is 1. The van der Waals surface area contributed by atoms with E-state index in [-0.39, 0.29) is 17.0 Å². The van der Waals surface area contributed by atoms with E-state index in [4.69, 9.17) is 24.7 Å². The monoisotopic (exact) mass is 397 g/mol. The third-order valence-corrected chi connectivity index (χ3v) is 4.84. The second-order valence-corrected chi connectivity index (χ2v) is 6.53. The van der Waals surface area contributed by atoms with Crippen molar-refractivity contribution in [3.63, 3.8) is 0 Å². The van der Waals surface area contributed by atoms with E-state index in [1.54, 1.807) is 18.2 Å². The largest absolute Gasteiger partial charge is 0.496 e. The number of methoxy groups -OCH3 is 3. The summed E-state index contributed by atoms with van der Waals surface area (Å²) in [5, 5.41) is 9.76. The minimum absolute atomic E-state index is 0.0464. The Morgan fingerprint density at radius 3 is 2.38 bits per heavy atom. The molecule has 1 aromatic heterocycles. The normalized spacial score (nSPS) is 15.2. The molecule has 1 unspecified atom stereocenters. The first-order valence-electron chi connectivity index (χ1n) is 9.12. The number of aryl methyl sites for hydroxylation is 1. The van der Waals surface area contributed by atoms with Crippen LogP contribution in [0.3, 0.4) is 0 Å². The van der Waals surface area contributed by atoms with Gasteiger partial charge < -0.3 is 29.7 Å². The first kappa shape index (κ1) is 20.1. The zero-order chi connectivity index (χ0) is 21.1. The molecule has 0 amide bonds. The molecule has 8 heteroatoms. The number of fused-ring (bicyclic) bond motifs is 1. The van der Waals surface area contributed by atoms with Gasteiger partial charge in [-0.25, -0.2) is 0 Å². The highest BCUT2D eigenvalue weighted by molar-refractivity contribution is 5.61. The molecule has 152 valence electrons. The average molecular weight is 397 g/mol. The third-order valence-electron chi connectivity index (χ3n) is 4.84. The third kappa shape index (κ3) is 3.47. The molecular weight excluding hydrogens is 374 g/mol. The highest BCUT2D eigenvalue weighted by Gasteiger charge is 2.36. The fourth-order valence-corrected chi connectivity index (χ4v) is 3.53. The SMILES string of the molecule is CCCc1cc2c(c(=O)[nH]1)C(c1cc(OC)c(OC)cc1OC)C(C#N)=C(N)O2. The van der Waals surface area contributed by atoms with Gasteiger partial charge in [-0.15, -0.1) is 0 Å². The van der Waals surface area contributed by atoms with Crippen LogP contribution in [-0.2, 0) is 6.42 Å². The molecule has 1 aliphatic rings. The van der Waals surface area contributed by atoms with E-state index in [0.717, 1.165) is 12.1 Å². The molecule has 2 aromatic rings. The van der Waals surface area contributed by atoms with Crippen LogP contribution in [0.5, 0.6) is 23.0 Å². The number of aromatic nitrogens is 1. The Morgan fingerprint density at radius 2 is 1.79 bits per heavy atom. The van der Waals surface area contributed by atoms with Crippen LogP contribution < -0.4 is 30.2 Å². The van der Waals surface area contributed by atoms with Gasteiger partial charge in [0.1, 0.15) is 23.1 Å². The van der Waals surface area contributed by atoms with Crippen molar-refractivity contribution in [3.05, 3.63) is 56.8 Å². The molecule has 0 saturated carbocycles. The lowest BCUT2D eigenvalue weighted by Crippen LogP contribution is -2.28. The summed E-state index contributed by atoms with van der Waals surface area (Å²) in [6.45, 7) is 2.01. The van der Waals surface area contributed by atoms with Crippen molar-refractivity contribution in [3.8, 4) is 29.1 Å². The summed E-state index contributed by atoms with van der Waals surface area (Å²) in [7, 11) is 4.52. The van der Waals surface area contributed by atoms with Crippen LogP contribution in [0.25, 0.3) is 0 Å². The number of nitrogens with zero attached hydrogens (tertiary/aromatic N) is 1. The average Bonchev–Trinajstić information content (AvgIpc) is 2.71. The highest BCUT2D eigenvalue weighted by Crippen LogP contribution is 2.46. The van der Waals surface area contributed by atoms with Gasteiger partial charge in [-0.05, 0) is 12.5 Å². The molecule has 1 atom stereocenters. The van der Waals surface area contributed by atoms with Crippen LogP contribution in [0.2, 0.25) is 0 Å². The number of nitrogens with one attached hydrogen (secondary N) is 1.